The molecule has 0 unspecified atom stereocenters. The van der Waals surface area contributed by atoms with Gasteiger partial charge in [-0.2, -0.15) is 0 Å². The molecule has 0 saturated heterocycles. The first-order chi connectivity index (χ1) is 14.8. The summed E-state index contributed by atoms with van der Waals surface area (Å²) in [6, 6.07) is 9.66. The molecular weight excluding hydrogens is 422 g/mol. The Kier molecular flexibility index (Phi) is 6.91. The van der Waals surface area contributed by atoms with Crippen molar-refractivity contribution < 1.29 is 19.2 Å². The fraction of sp³-hybridized carbons (Fsp3) is 0.273. The van der Waals surface area contributed by atoms with Crippen LogP contribution in [-0.4, -0.2) is 34.0 Å². The van der Waals surface area contributed by atoms with Crippen LogP contribution >= 0.6 is 11.6 Å². The van der Waals surface area contributed by atoms with Crippen LogP contribution in [0.25, 0.3) is 0 Å². The maximum Gasteiger partial charge on any atom is 0.330 e. The number of hydrogen-bond donors (Lipinski definition) is 0. The fourth-order valence-electron chi connectivity index (χ4n) is 3.36. The number of nitrogens with zero attached hydrogens (tertiary/aromatic N) is 3. The lowest BCUT2D eigenvalue weighted by molar-refractivity contribution is -0.386. The summed E-state index contributed by atoms with van der Waals surface area (Å²) in [5, 5.41) is 11.1. The van der Waals surface area contributed by atoms with Gasteiger partial charge in [-0.15, -0.1) is 0 Å². The number of rotatable bonds is 9. The van der Waals surface area contributed by atoms with Crippen LogP contribution in [0.5, 0.6) is 11.5 Å². The highest BCUT2D eigenvalue weighted by molar-refractivity contribution is 6.32. The number of nitro groups is 1. The number of aromatic nitrogens is 2. The molecule has 0 atom stereocenters. The van der Waals surface area contributed by atoms with Gasteiger partial charge >= 0.3 is 5.69 Å². The minimum absolute atomic E-state index is 0.0213. The number of carbonyl (C=O) groups excluding carboxylic acids is 1. The predicted molar refractivity (Wildman–Crippen MR) is 116 cm³/mol. The van der Waals surface area contributed by atoms with Crippen LogP contribution in [0.3, 0.4) is 0 Å². The molecule has 1 aromatic carbocycles. The summed E-state index contributed by atoms with van der Waals surface area (Å²) in [5.41, 5.74) is 3.05. The number of Topliss-reactive ketones (excluding diaryl/α,β-unsaturated/α-hetero) is 1. The van der Waals surface area contributed by atoms with Crippen molar-refractivity contribution >= 4 is 23.1 Å². The van der Waals surface area contributed by atoms with E-state index in [1.165, 1.54) is 6.20 Å². The number of benzene rings is 1. The van der Waals surface area contributed by atoms with Gasteiger partial charge < -0.3 is 14.0 Å². The summed E-state index contributed by atoms with van der Waals surface area (Å²) >= 11 is 5.97. The fourth-order valence-corrected chi connectivity index (χ4v) is 3.57. The zero-order valence-corrected chi connectivity index (χ0v) is 18.2. The molecule has 0 fully saturated rings. The first kappa shape index (κ1) is 22.3. The van der Waals surface area contributed by atoms with E-state index in [0.717, 1.165) is 35.3 Å². The van der Waals surface area contributed by atoms with Gasteiger partial charge in [0.1, 0.15) is 17.0 Å². The van der Waals surface area contributed by atoms with Crippen LogP contribution in [0.1, 0.15) is 27.3 Å². The summed E-state index contributed by atoms with van der Waals surface area (Å²) < 4.78 is 12.7. The molecule has 0 aliphatic heterocycles. The van der Waals surface area contributed by atoms with Gasteiger partial charge in [-0.05, 0) is 44.0 Å². The van der Waals surface area contributed by atoms with E-state index >= 15 is 0 Å². The lowest BCUT2D eigenvalue weighted by Crippen LogP contribution is -2.14. The highest BCUT2D eigenvalue weighted by Gasteiger charge is 2.22. The smallest absolute Gasteiger partial charge is 0.330 e. The van der Waals surface area contributed by atoms with Crippen LogP contribution in [0.15, 0.2) is 42.7 Å². The van der Waals surface area contributed by atoms with Gasteiger partial charge in [-0.1, -0.05) is 23.7 Å². The second-order valence-corrected chi connectivity index (χ2v) is 7.38. The normalized spacial score (nSPS) is 10.7. The van der Waals surface area contributed by atoms with Crippen LogP contribution in [0.4, 0.5) is 5.69 Å². The number of aryl methyl sites for hydroxylation is 2. The van der Waals surface area contributed by atoms with E-state index < -0.39 is 4.92 Å². The van der Waals surface area contributed by atoms with E-state index in [9.17, 15) is 14.9 Å². The van der Waals surface area contributed by atoms with Gasteiger partial charge in [0.25, 0.3) is 0 Å². The molecule has 9 heteroatoms. The zero-order valence-electron chi connectivity index (χ0n) is 17.4. The molecule has 0 saturated carbocycles. The van der Waals surface area contributed by atoms with E-state index in [1.54, 1.807) is 13.2 Å². The van der Waals surface area contributed by atoms with E-state index in [1.807, 2.05) is 38.1 Å². The number of methoxy groups -OCH3 is 1. The third kappa shape index (κ3) is 5.03. The average molecular weight is 444 g/mol. The molecule has 0 N–H and O–H groups in total. The van der Waals surface area contributed by atoms with Crippen molar-refractivity contribution in [3.63, 3.8) is 0 Å². The van der Waals surface area contributed by atoms with Crippen LogP contribution in [0, 0.1) is 24.0 Å². The number of carbonyl (C=O) groups is 1. The molecule has 8 nitrogen and oxygen atoms in total. The summed E-state index contributed by atoms with van der Waals surface area (Å²) in [5.74, 6) is 0.355. The minimum atomic E-state index is -0.649. The molecular formula is C22H22ClN3O5. The Balaban J connectivity index is 1.71. The molecule has 162 valence electrons. The van der Waals surface area contributed by atoms with Crippen molar-refractivity contribution in [2.24, 2.45) is 0 Å². The summed E-state index contributed by atoms with van der Waals surface area (Å²) in [7, 11) is 1.63. The molecule has 0 radical (unpaired) electrons. The van der Waals surface area contributed by atoms with Crippen LogP contribution in [-0.2, 0) is 13.0 Å². The Labute approximate surface area is 184 Å². The molecule has 0 aliphatic carbocycles. The molecule has 0 aliphatic rings. The Bertz CT molecular complexity index is 1110. The minimum Gasteiger partial charge on any atom is -0.497 e. The highest BCUT2D eigenvalue weighted by atomic mass is 35.5. The Morgan fingerprint density at radius 3 is 2.58 bits per heavy atom. The third-order valence-electron chi connectivity index (χ3n) is 5.04. The molecule has 0 spiro atoms. The van der Waals surface area contributed by atoms with Gasteiger partial charge in [-0.3, -0.25) is 19.9 Å². The van der Waals surface area contributed by atoms with Crippen LogP contribution in [0.2, 0.25) is 5.02 Å². The summed E-state index contributed by atoms with van der Waals surface area (Å²) in [4.78, 5) is 26.9. The van der Waals surface area contributed by atoms with Gasteiger partial charge in [-0.25, -0.2) is 0 Å². The Morgan fingerprint density at radius 2 is 1.94 bits per heavy atom. The molecule has 3 aromatic rings. The number of hydrogen-bond acceptors (Lipinski definition) is 6. The maximum atomic E-state index is 12.8. The molecule has 2 aromatic heterocycles. The van der Waals surface area contributed by atoms with Crippen molar-refractivity contribution in [2.75, 3.05) is 13.7 Å². The van der Waals surface area contributed by atoms with E-state index in [4.69, 9.17) is 21.1 Å². The van der Waals surface area contributed by atoms with Gasteiger partial charge in [0.05, 0.1) is 12.0 Å². The largest absolute Gasteiger partial charge is 0.497 e. The standard InChI is InChI=1S/C22H22ClN3O5/c1-14-10-18(15(2)25(14)9-8-16-4-6-17(30-3)7-5-16)21(27)13-31-22-19(23)11-24-12-20(22)26(28)29/h4-7,10-12H,8-9,13H2,1-3H3. The molecule has 3 rings (SSSR count). The van der Waals surface area contributed by atoms with Crippen molar-refractivity contribution in [2.45, 2.75) is 26.8 Å². The second-order valence-electron chi connectivity index (χ2n) is 6.97. The monoisotopic (exact) mass is 443 g/mol. The van der Waals surface area contributed by atoms with E-state index in [2.05, 4.69) is 9.55 Å². The summed E-state index contributed by atoms with van der Waals surface area (Å²) in [6.07, 6.45) is 3.07. The number of ether oxygens (including phenoxy) is 2. The SMILES string of the molecule is COc1ccc(CCn2c(C)cc(C(=O)COc3c(Cl)cncc3[N+](=O)[O-])c2C)cc1. The van der Waals surface area contributed by atoms with Crippen molar-refractivity contribution in [1.29, 1.82) is 0 Å². The maximum absolute atomic E-state index is 12.8. The Morgan fingerprint density at radius 1 is 1.23 bits per heavy atom. The number of ketones is 1. The topological polar surface area (TPSA) is 96.5 Å². The van der Waals surface area contributed by atoms with Crippen molar-refractivity contribution in [3.8, 4) is 11.5 Å². The molecule has 31 heavy (non-hydrogen) atoms. The van der Waals surface area contributed by atoms with Gasteiger partial charge in [0.15, 0.2) is 6.61 Å². The Hall–Kier alpha value is -3.39. The average Bonchev–Trinajstić information content (AvgIpc) is 3.04. The first-order valence-corrected chi connectivity index (χ1v) is 9.93. The molecule has 2 heterocycles. The van der Waals surface area contributed by atoms with E-state index in [-0.39, 0.29) is 28.8 Å². The van der Waals surface area contributed by atoms with Crippen molar-refractivity contribution in [1.82, 2.24) is 9.55 Å². The highest BCUT2D eigenvalue weighted by Crippen LogP contribution is 2.33. The third-order valence-corrected chi connectivity index (χ3v) is 5.30. The predicted octanol–water partition coefficient (Wildman–Crippen LogP) is 4.57. The lowest BCUT2D eigenvalue weighted by Gasteiger charge is -2.11. The van der Waals surface area contributed by atoms with E-state index in [0.29, 0.717) is 12.1 Å². The second kappa shape index (κ2) is 9.61. The summed E-state index contributed by atoms with van der Waals surface area (Å²) in [6.45, 7) is 4.15. The molecule has 0 amide bonds. The van der Waals surface area contributed by atoms with Crippen LogP contribution < -0.4 is 9.47 Å². The van der Waals surface area contributed by atoms with Crippen molar-refractivity contribution in [3.05, 3.63) is 80.4 Å². The van der Waals surface area contributed by atoms with Gasteiger partial charge in [0.2, 0.25) is 11.5 Å². The lowest BCUT2D eigenvalue weighted by atomic mass is 10.1. The number of halogens is 1. The molecule has 0 bridgehead atoms. The zero-order chi connectivity index (χ0) is 22.5. The quantitative estimate of drug-likeness (QED) is 0.273. The first-order valence-electron chi connectivity index (χ1n) is 9.55. The number of pyridine rings is 1. The van der Waals surface area contributed by atoms with Gasteiger partial charge in [0, 0.05) is 29.7 Å².